The van der Waals surface area contributed by atoms with E-state index in [9.17, 15) is 19.8 Å². The fourth-order valence-electron chi connectivity index (χ4n) is 3.22. The number of aromatic nitrogens is 1. The molecule has 4 rings (SSSR count). The molecule has 0 aliphatic carbocycles. The lowest BCUT2D eigenvalue weighted by molar-refractivity contribution is -0.116. The molecule has 32 heavy (non-hydrogen) atoms. The number of hydrogen-bond acceptors (Lipinski definition) is 5. The van der Waals surface area contributed by atoms with E-state index in [0.29, 0.717) is 16.6 Å². The highest BCUT2D eigenvalue weighted by Crippen LogP contribution is 2.40. The summed E-state index contributed by atoms with van der Waals surface area (Å²) in [6.45, 7) is -0.179. The van der Waals surface area contributed by atoms with Gasteiger partial charge in [-0.05, 0) is 42.5 Å². The van der Waals surface area contributed by atoms with E-state index in [0.717, 1.165) is 4.47 Å². The number of rotatable bonds is 5. The van der Waals surface area contributed by atoms with Crippen molar-refractivity contribution in [3.8, 4) is 11.6 Å². The van der Waals surface area contributed by atoms with Gasteiger partial charge in [0.15, 0.2) is 5.69 Å². The first kappa shape index (κ1) is 21.3. The van der Waals surface area contributed by atoms with Gasteiger partial charge in [0, 0.05) is 15.5 Å². The molecular weight excluding hydrogens is 476 g/mol. The number of anilines is 1. The summed E-state index contributed by atoms with van der Waals surface area (Å²) in [7, 11) is 0. The molecule has 0 saturated heterocycles. The number of para-hydroxylation sites is 2. The third-order valence-electron chi connectivity index (χ3n) is 4.71. The van der Waals surface area contributed by atoms with Gasteiger partial charge >= 0.3 is 0 Å². The second-order valence-corrected chi connectivity index (χ2v) is 7.77. The zero-order valence-electron chi connectivity index (χ0n) is 16.6. The number of fused-ring (bicyclic) bond motifs is 1. The topological polar surface area (TPSA) is 116 Å². The number of nitrogens with one attached hydrogen (secondary N) is 1. The summed E-state index contributed by atoms with van der Waals surface area (Å²) in [5.41, 5.74) is 1.20. The Kier molecular flexibility index (Phi) is 6.00. The molecular formula is C23H17BrN4O4. The summed E-state index contributed by atoms with van der Waals surface area (Å²) in [6, 6.07) is 20.1. The van der Waals surface area contributed by atoms with Crippen LogP contribution < -0.4 is 5.32 Å². The van der Waals surface area contributed by atoms with Gasteiger partial charge in [-0.25, -0.2) is 0 Å². The van der Waals surface area contributed by atoms with Gasteiger partial charge in [-0.15, -0.1) is 10.2 Å². The Morgan fingerprint density at radius 2 is 1.69 bits per heavy atom. The fourth-order valence-corrected chi connectivity index (χ4v) is 3.58. The highest BCUT2D eigenvalue weighted by atomic mass is 79.9. The van der Waals surface area contributed by atoms with Crippen molar-refractivity contribution in [2.45, 2.75) is 6.54 Å². The number of hydrogen-bond donors (Lipinski definition) is 3. The Hall–Kier alpha value is -3.98. The second kappa shape index (κ2) is 9.03. The van der Waals surface area contributed by atoms with Gasteiger partial charge in [-0.2, -0.15) is 0 Å². The molecule has 2 amide bonds. The molecule has 0 fully saturated rings. The molecule has 9 heteroatoms. The van der Waals surface area contributed by atoms with E-state index in [1.165, 1.54) is 16.7 Å². The molecule has 160 valence electrons. The molecule has 0 saturated carbocycles. The van der Waals surface area contributed by atoms with Gasteiger partial charge in [0.05, 0.1) is 11.1 Å². The van der Waals surface area contributed by atoms with Crippen molar-refractivity contribution in [1.82, 2.24) is 4.57 Å². The van der Waals surface area contributed by atoms with Crippen molar-refractivity contribution in [3.63, 3.8) is 0 Å². The third kappa shape index (κ3) is 4.37. The van der Waals surface area contributed by atoms with Crippen molar-refractivity contribution in [3.05, 3.63) is 82.8 Å². The summed E-state index contributed by atoms with van der Waals surface area (Å²) in [5.74, 6) is -1.64. The van der Waals surface area contributed by atoms with E-state index in [-0.39, 0.29) is 35.3 Å². The van der Waals surface area contributed by atoms with Crippen LogP contribution in [-0.4, -0.2) is 26.6 Å². The van der Waals surface area contributed by atoms with Crippen molar-refractivity contribution < 1.29 is 19.8 Å². The molecule has 0 aliphatic rings. The minimum Gasteiger partial charge on any atom is -0.507 e. The first-order valence-corrected chi connectivity index (χ1v) is 10.3. The second-order valence-electron chi connectivity index (χ2n) is 6.86. The molecule has 1 heterocycles. The molecule has 3 aromatic carbocycles. The highest BCUT2D eigenvalue weighted by molar-refractivity contribution is 9.10. The molecule has 0 atom stereocenters. The maximum atomic E-state index is 12.6. The van der Waals surface area contributed by atoms with E-state index < -0.39 is 5.91 Å². The molecule has 0 radical (unpaired) electrons. The van der Waals surface area contributed by atoms with Crippen molar-refractivity contribution in [2.24, 2.45) is 10.2 Å². The zero-order valence-corrected chi connectivity index (χ0v) is 18.2. The van der Waals surface area contributed by atoms with Crippen molar-refractivity contribution in [2.75, 3.05) is 5.32 Å². The Morgan fingerprint density at radius 3 is 2.44 bits per heavy atom. The minimum absolute atomic E-state index is 0.0112. The first-order valence-electron chi connectivity index (χ1n) is 9.53. The molecule has 0 unspecified atom stereocenters. The lowest BCUT2D eigenvalue weighted by Gasteiger charge is -2.08. The molecule has 8 nitrogen and oxygen atoms in total. The molecule has 1 aromatic heterocycles. The van der Waals surface area contributed by atoms with Crippen LogP contribution in [0.3, 0.4) is 0 Å². The summed E-state index contributed by atoms with van der Waals surface area (Å²) in [5, 5.41) is 31.5. The van der Waals surface area contributed by atoms with Crippen molar-refractivity contribution >= 4 is 50.0 Å². The number of phenols is 1. The summed E-state index contributed by atoms with van der Waals surface area (Å²) in [6.07, 6.45) is 0. The smallest absolute Gasteiger partial charge is 0.299 e. The van der Waals surface area contributed by atoms with Gasteiger partial charge in [-0.3, -0.25) is 9.59 Å². The van der Waals surface area contributed by atoms with Crippen LogP contribution in [0.1, 0.15) is 10.4 Å². The van der Waals surface area contributed by atoms with Crippen LogP contribution >= 0.6 is 15.9 Å². The van der Waals surface area contributed by atoms with E-state index in [1.54, 1.807) is 54.6 Å². The van der Waals surface area contributed by atoms with Crippen molar-refractivity contribution in [1.29, 1.82) is 0 Å². The fraction of sp³-hybridized carbons (Fsp3) is 0.0435. The van der Waals surface area contributed by atoms with Gasteiger partial charge < -0.3 is 20.1 Å². The monoisotopic (exact) mass is 492 g/mol. The number of carbonyl (C=O) groups excluding carboxylic acids is 2. The average Bonchev–Trinajstić information content (AvgIpc) is 3.03. The maximum Gasteiger partial charge on any atom is 0.299 e. The zero-order chi connectivity index (χ0) is 22.7. The number of amides is 2. The molecule has 0 bridgehead atoms. The number of nitrogens with zero attached hydrogens (tertiary/aromatic N) is 3. The average molecular weight is 493 g/mol. The lowest BCUT2D eigenvalue weighted by Crippen LogP contribution is -2.18. The van der Waals surface area contributed by atoms with E-state index in [2.05, 4.69) is 31.5 Å². The number of aromatic hydroxyl groups is 2. The largest absolute Gasteiger partial charge is 0.507 e. The molecule has 0 aliphatic heterocycles. The highest BCUT2D eigenvalue weighted by Gasteiger charge is 2.20. The van der Waals surface area contributed by atoms with Gasteiger partial charge in [0.25, 0.3) is 5.91 Å². The Bertz CT molecular complexity index is 1350. The van der Waals surface area contributed by atoms with Gasteiger partial charge in [0.2, 0.25) is 11.8 Å². The number of carbonyl (C=O) groups is 2. The third-order valence-corrected chi connectivity index (χ3v) is 5.20. The number of halogens is 1. The predicted octanol–water partition coefficient (Wildman–Crippen LogP) is 5.38. The Balaban J connectivity index is 1.68. The Morgan fingerprint density at radius 1 is 0.969 bits per heavy atom. The normalized spacial score (nSPS) is 11.2. The van der Waals surface area contributed by atoms with Crippen LogP contribution in [0, 0.1) is 0 Å². The molecule has 3 N–H and O–H groups in total. The molecule has 4 aromatic rings. The molecule has 0 spiro atoms. The van der Waals surface area contributed by atoms with Crippen LogP contribution in [0.2, 0.25) is 0 Å². The summed E-state index contributed by atoms with van der Waals surface area (Å²) in [4.78, 5) is 24.9. The number of phenolic OH excluding ortho intramolecular Hbond substituents is 1. The van der Waals surface area contributed by atoms with E-state index in [4.69, 9.17) is 0 Å². The van der Waals surface area contributed by atoms with Gasteiger partial charge in [-0.1, -0.05) is 46.3 Å². The van der Waals surface area contributed by atoms with E-state index >= 15 is 0 Å². The number of azo groups is 1. The maximum absolute atomic E-state index is 12.6. The SMILES string of the molecule is O=C(Cn1c(O)c(N=NC(=O)c2ccccc2O)c2cc(Br)ccc21)Nc1ccccc1. The van der Waals surface area contributed by atoms with Crippen LogP contribution in [0.4, 0.5) is 11.4 Å². The van der Waals surface area contributed by atoms with Crippen LogP contribution in [0.5, 0.6) is 11.6 Å². The minimum atomic E-state index is -0.764. The Labute approximate surface area is 191 Å². The van der Waals surface area contributed by atoms with Crippen LogP contribution in [0.15, 0.2) is 87.5 Å². The predicted molar refractivity (Wildman–Crippen MR) is 123 cm³/mol. The standard InChI is InChI=1S/C23H17BrN4O4/c24-14-10-11-18-17(12-14)21(26-27-22(31)16-8-4-5-9-19(16)29)23(32)28(18)13-20(30)25-15-6-2-1-3-7-15/h1-12,29,32H,13H2,(H,25,30). The van der Waals surface area contributed by atoms with Crippen LogP contribution in [-0.2, 0) is 11.3 Å². The lowest BCUT2D eigenvalue weighted by atomic mass is 10.2. The summed E-state index contributed by atoms with van der Waals surface area (Å²) >= 11 is 3.38. The quantitative estimate of drug-likeness (QED) is 0.324. The van der Waals surface area contributed by atoms with Crippen LogP contribution in [0.25, 0.3) is 10.9 Å². The number of benzene rings is 3. The first-order chi connectivity index (χ1) is 15.4. The summed E-state index contributed by atoms with van der Waals surface area (Å²) < 4.78 is 2.11. The van der Waals surface area contributed by atoms with Gasteiger partial charge in [0.1, 0.15) is 12.3 Å². The van der Waals surface area contributed by atoms with E-state index in [1.807, 2.05) is 6.07 Å².